The highest BCUT2D eigenvalue weighted by atomic mass is 32.2. The number of fused-ring (bicyclic) bond motifs is 1. The number of sulfonamides is 1. The monoisotopic (exact) mass is 540 g/mol. The molecule has 38 heavy (non-hydrogen) atoms. The zero-order chi connectivity index (χ0) is 27.8. The van der Waals surface area contributed by atoms with E-state index in [1.807, 2.05) is 4.72 Å². The third kappa shape index (κ3) is 5.28. The molecule has 0 spiro atoms. The van der Waals surface area contributed by atoms with Gasteiger partial charge in [0.25, 0.3) is 0 Å². The lowest BCUT2D eigenvalue weighted by Gasteiger charge is -2.15. The fraction of sp³-hybridized carbons (Fsp3) is 0.154. The number of H-pyrrole nitrogens is 1. The molecule has 4 rings (SSSR count). The van der Waals surface area contributed by atoms with E-state index in [0.29, 0.717) is 11.0 Å². The summed E-state index contributed by atoms with van der Waals surface area (Å²) in [5.41, 5.74) is 6.27. The number of hydrogen-bond acceptors (Lipinski definition) is 7. The predicted octanol–water partition coefficient (Wildman–Crippen LogP) is 3.15. The van der Waals surface area contributed by atoms with Crippen LogP contribution in [0.15, 0.2) is 65.6 Å². The van der Waals surface area contributed by atoms with Gasteiger partial charge >= 0.3 is 0 Å². The molecule has 1 heterocycles. The van der Waals surface area contributed by atoms with Gasteiger partial charge in [0.05, 0.1) is 11.0 Å². The number of rotatable bonds is 9. The molecule has 0 aliphatic carbocycles. The summed E-state index contributed by atoms with van der Waals surface area (Å²) in [5, 5.41) is 0. The lowest BCUT2D eigenvalue weighted by molar-refractivity contribution is -0.118. The molecule has 0 bridgehead atoms. The number of Topliss-reactive ketones (excluding diaryl/α,β-unsaturated/α-hetero) is 3. The zero-order valence-electron chi connectivity index (χ0n) is 20.2. The van der Waals surface area contributed by atoms with Gasteiger partial charge in [-0.2, -0.15) is 4.72 Å². The van der Waals surface area contributed by atoms with Crippen molar-refractivity contribution in [2.45, 2.75) is 30.8 Å². The zero-order valence-corrected chi connectivity index (χ0v) is 21.0. The van der Waals surface area contributed by atoms with Gasteiger partial charge in [-0.1, -0.05) is 24.3 Å². The van der Waals surface area contributed by atoms with Gasteiger partial charge in [0.2, 0.25) is 10.0 Å². The molecule has 0 saturated heterocycles. The third-order valence-corrected chi connectivity index (χ3v) is 7.34. The van der Waals surface area contributed by atoms with Crippen LogP contribution < -0.4 is 10.5 Å². The fourth-order valence-corrected chi connectivity index (χ4v) is 4.97. The van der Waals surface area contributed by atoms with Crippen molar-refractivity contribution in [1.82, 2.24) is 14.7 Å². The first-order valence-electron chi connectivity index (χ1n) is 11.3. The van der Waals surface area contributed by atoms with Crippen LogP contribution in [0.5, 0.6) is 0 Å². The SMILES string of the molecule is CC(=O)C(N)NS(=O)(=O)c1cc(C(=O)C(C(=O)c2ccc(C)c(F)c2)c2nc3ccccc3[nH]2)ccc1F. The van der Waals surface area contributed by atoms with Crippen LogP contribution >= 0.6 is 0 Å². The van der Waals surface area contributed by atoms with Crippen molar-refractivity contribution in [3.63, 3.8) is 0 Å². The summed E-state index contributed by atoms with van der Waals surface area (Å²) in [4.78, 5) is 45.0. The van der Waals surface area contributed by atoms with Crippen molar-refractivity contribution in [3.05, 3.63) is 94.8 Å². The smallest absolute Gasteiger partial charge is 0.245 e. The van der Waals surface area contributed by atoms with E-state index >= 15 is 0 Å². The summed E-state index contributed by atoms with van der Waals surface area (Å²) in [6.45, 7) is 2.55. The van der Waals surface area contributed by atoms with E-state index < -0.39 is 56.0 Å². The summed E-state index contributed by atoms with van der Waals surface area (Å²) >= 11 is 0. The third-order valence-electron chi connectivity index (χ3n) is 5.89. The molecule has 12 heteroatoms. The molecular formula is C26H22F2N4O5S. The highest BCUT2D eigenvalue weighted by Gasteiger charge is 2.35. The van der Waals surface area contributed by atoms with E-state index in [-0.39, 0.29) is 22.5 Å². The summed E-state index contributed by atoms with van der Waals surface area (Å²) in [6, 6.07) is 13.0. The topological polar surface area (TPSA) is 152 Å². The number of para-hydroxylation sites is 2. The Hall–Kier alpha value is -4.13. The fourth-order valence-electron chi connectivity index (χ4n) is 3.73. The minimum Gasteiger partial charge on any atom is -0.341 e. The first-order valence-corrected chi connectivity index (χ1v) is 12.7. The minimum absolute atomic E-state index is 0.0624. The molecule has 0 fully saturated rings. The minimum atomic E-state index is -4.67. The van der Waals surface area contributed by atoms with Gasteiger partial charge < -0.3 is 10.7 Å². The molecule has 196 valence electrons. The average Bonchev–Trinajstić information content (AvgIpc) is 3.29. The second-order valence-corrected chi connectivity index (χ2v) is 10.3. The maximum atomic E-state index is 14.6. The number of aromatic amines is 1. The van der Waals surface area contributed by atoms with Gasteiger partial charge in [0.1, 0.15) is 34.4 Å². The van der Waals surface area contributed by atoms with Crippen molar-refractivity contribution < 1.29 is 31.6 Å². The van der Waals surface area contributed by atoms with E-state index in [2.05, 4.69) is 9.97 Å². The number of hydrogen-bond donors (Lipinski definition) is 3. The molecule has 1 aromatic heterocycles. The Morgan fingerprint density at radius 2 is 1.58 bits per heavy atom. The summed E-state index contributed by atoms with van der Waals surface area (Å²) < 4.78 is 56.1. The van der Waals surface area contributed by atoms with Gasteiger partial charge in [0.15, 0.2) is 17.3 Å². The second-order valence-electron chi connectivity index (χ2n) is 8.62. The van der Waals surface area contributed by atoms with Crippen molar-refractivity contribution in [1.29, 1.82) is 0 Å². The number of imidazole rings is 1. The van der Waals surface area contributed by atoms with Gasteiger partial charge in [-0.25, -0.2) is 22.2 Å². The molecule has 0 aliphatic rings. The number of ketones is 3. The Kier molecular flexibility index (Phi) is 7.31. The number of aryl methyl sites for hydroxylation is 1. The first-order chi connectivity index (χ1) is 17.9. The van der Waals surface area contributed by atoms with Gasteiger partial charge in [-0.15, -0.1) is 0 Å². The maximum Gasteiger partial charge on any atom is 0.245 e. The van der Waals surface area contributed by atoms with E-state index in [1.54, 1.807) is 24.3 Å². The molecular weight excluding hydrogens is 518 g/mol. The number of nitrogens with two attached hydrogens (primary N) is 1. The van der Waals surface area contributed by atoms with E-state index in [4.69, 9.17) is 5.73 Å². The van der Waals surface area contributed by atoms with Crippen LogP contribution in [-0.2, 0) is 14.8 Å². The van der Waals surface area contributed by atoms with Crippen LogP contribution in [0.3, 0.4) is 0 Å². The number of benzene rings is 3. The molecule has 9 nitrogen and oxygen atoms in total. The molecule has 0 aliphatic heterocycles. The second kappa shape index (κ2) is 10.3. The van der Waals surface area contributed by atoms with Crippen LogP contribution in [0.1, 0.15) is 44.9 Å². The summed E-state index contributed by atoms with van der Waals surface area (Å²) in [6.07, 6.45) is -1.64. The van der Waals surface area contributed by atoms with Crippen LogP contribution in [0.4, 0.5) is 8.78 Å². The number of carbonyl (C=O) groups excluding carboxylic acids is 3. The summed E-state index contributed by atoms with van der Waals surface area (Å²) in [7, 11) is -4.67. The normalized spacial score (nSPS) is 13.3. The number of halogens is 2. The number of carbonyl (C=O) groups is 3. The lowest BCUT2D eigenvalue weighted by Crippen LogP contribution is -2.46. The Morgan fingerprint density at radius 1 is 0.947 bits per heavy atom. The van der Waals surface area contributed by atoms with Crippen LogP contribution in [0, 0.1) is 18.6 Å². The molecule has 2 atom stereocenters. The van der Waals surface area contributed by atoms with Crippen LogP contribution in [0.25, 0.3) is 11.0 Å². The van der Waals surface area contributed by atoms with Crippen molar-refractivity contribution in [2.24, 2.45) is 5.73 Å². The van der Waals surface area contributed by atoms with Crippen molar-refractivity contribution in [2.75, 3.05) is 0 Å². The van der Waals surface area contributed by atoms with Crippen LogP contribution in [0.2, 0.25) is 0 Å². The Morgan fingerprint density at radius 3 is 2.21 bits per heavy atom. The lowest BCUT2D eigenvalue weighted by atomic mass is 9.89. The van der Waals surface area contributed by atoms with E-state index in [0.717, 1.165) is 31.2 Å². The quantitative estimate of drug-likeness (QED) is 0.168. The highest BCUT2D eigenvalue weighted by Crippen LogP contribution is 2.28. The molecule has 4 aromatic rings. The van der Waals surface area contributed by atoms with Gasteiger partial charge in [-0.3, -0.25) is 14.4 Å². The van der Waals surface area contributed by atoms with Crippen LogP contribution in [-0.4, -0.2) is 41.9 Å². The molecule has 2 unspecified atom stereocenters. The predicted molar refractivity (Wildman–Crippen MR) is 134 cm³/mol. The van der Waals surface area contributed by atoms with Crippen molar-refractivity contribution >= 4 is 38.4 Å². The Balaban J connectivity index is 1.83. The molecule has 0 amide bonds. The standard InChI is InChI=1S/C26H22F2N4O5S/c1-13-7-8-15(11-18(13)28)23(34)22(26-30-19-5-3-4-6-20(19)31-26)24(35)16-9-10-17(27)21(12-16)38(36,37)32-25(29)14(2)33/h3-12,22,25,32H,29H2,1-2H3,(H,30,31). The highest BCUT2D eigenvalue weighted by molar-refractivity contribution is 7.89. The average molecular weight is 541 g/mol. The number of aromatic nitrogens is 2. The molecule has 3 aromatic carbocycles. The Bertz CT molecular complexity index is 1670. The Labute approximate surface area is 216 Å². The summed E-state index contributed by atoms with van der Waals surface area (Å²) in [5.74, 6) is -6.01. The number of nitrogens with one attached hydrogen (secondary N) is 2. The largest absolute Gasteiger partial charge is 0.341 e. The maximum absolute atomic E-state index is 14.6. The first kappa shape index (κ1) is 26.9. The van der Waals surface area contributed by atoms with Gasteiger partial charge in [-0.05, 0) is 55.8 Å². The van der Waals surface area contributed by atoms with Crippen molar-refractivity contribution in [3.8, 4) is 0 Å². The number of nitrogens with zero attached hydrogens (tertiary/aromatic N) is 1. The molecule has 0 radical (unpaired) electrons. The molecule has 4 N–H and O–H groups in total. The van der Waals surface area contributed by atoms with Gasteiger partial charge in [0, 0.05) is 11.1 Å². The molecule has 0 saturated carbocycles. The van der Waals surface area contributed by atoms with E-state index in [9.17, 15) is 31.6 Å². The van der Waals surface area contributed by atoms with E-state index in [1.165, 1.54) is 19.1 Å².